The lowest BCUT2D eigenvalue weighted by molar-refractivity contribution is 0.558. The van der Waals surface area contributed by atoms with E-state index < -0.39 is 0 Å². The Morgan fingerprint density at radius 1 is 1.53 bits per heavy atom. The van der Waals surface area contributed by atoms with Crippen molar-refractivity contribution in [1.82, 2.24) is 14.9 Å². The molecular formula is C12H21N3. The largest absolute Gasteiger partial charge is 0.334 e. The predicted molar refractivity (Wildman–Crippen MR) is 62.0 cm³/mol. The summed E-state index contributed by atoms with van der Waals surface area (Å²) in [4.78, 5) is 4.21. The zero-order chi connectivity index (χ0) is 10.7. The Kier molecular flexibility index (Phi) is 3.41. The third-order valence-electron chi connectivity index (χ3n) is 2.92. The molecule has 1 aromatic heterocycles. The van der Waals surface area contributed by atoms with E-state index in [1.807, 2.05) is 12.5 Å². The van der Waals surface area contributed by atoms with Gasteiger partial charge in [-0.15, -0.1) is 0 Å². The van der Waals surface area contributed by atoms with Crippen LogP contribution < -0.4 is 5.32 Å². The minimum Gasteiger partial charge on any atom is -0.334 e. The van der Waals surface area contributed by atoms with Crippen molar-refractivity contribution < 1.29 is 0 Å². The van der Waals surface area contributed by atoms with E-state index in [0.717, 1.165) is 19.1 Å². The van der Waals surface area contributed by atoms with Crippen LogP contribution in [-0.2, 0) is 6.54 Å². The summed E-state index contributed by atoms with van der Waals surface area (Å²) in [6.07, 6.45) is 7.89. The third-order valence-corrected chi connectivity index (χ3v) is 2.92. The van der Waals surface area contributed by atoms with Crippen molar-refractivity contribution in [1.29, 1.82) is 0 Å². The fraction of sp³-hybridized carbons (Fsp3) is 0.750. The Morgan fingerprint density at radius 2 is 2.33 bits per heavy atom. The van der Waals surface area contributed by atoms with E-state index in [4.69, 9.17) is 0 Å². The molecule has 0 aliphatic heterocycles. The van der Waals surface area contributed by atoms with Crippen LogP contribution in [0.5, 0.6) is 0 Å². The molecule has 0 atom stereocenters. The van der Waals surface area contributed by atoms with Gasteiger partial charge in [-0.3, -0.25) is 0 Å². The number of hydrogen-bond donors (Lipinski definition) is 1. The Morgan fingerprint density at radius 3 is 3.00 bits per heavy atom. The van der Waals surface area contributed by atoms with Gasteiger partial charge >= 0.3 is 0 Å². The molecule has 0 bridgehead atoms. The number of aromatic nitrogens is 2. The summed E-state index contributed by atoms with van der Waals surface area (Å²) in [5, 5.41) is 3.53. The molecule has 0 amide bonds. The number of imidazole rings is 1. The number of aryl methyl sites for hydroxylation is 1. The highest BCUT2D eigenvalue weighted by atomic mass is 15.0. The molecule has 1 aromatic rings. The molecule has 1 aliphatic carbocycles. The van der Waals surface area contributed by atoms with Crippen LogP contribution in [0.2, 0.25) is 0 Å². The molecule has 3 nitrogen and oxygen atoms in total. The van der Waals surface area contributed by atoms with Crippen molar-refractivity contribution in [2.45, 2.75) is 51.6 Å². The number of rotatable bonds is 6. The molecule has 0 unspecified atom stereocenters. The van der Waals surface area contributed by atoms with E-state index in [0.29, 0.717) is 5.92 Å². The summed E-state index contributed by atoms with van der Waals surface area (Å²) in [6, 6.07) is 0.831. The number of nitrogens with zero attached hydrogens (tertiary/aromatic N) is 2. The van der Waals surface area contributed by atoms with Crippen molar-refractivity contribution >= 4 is 0 Å². The second-order valence-electron chi connectivity index (χ2n) is 4.75. The first-order valence-electron chi connectivity index (χ1n) is 6.01. The summed E-state index contributed by atoms with van der Waals surface area (Å²) in [7, 11) is 0. The van der Waals surface area contributed by atoms with Gasteiger partial charge in [-0.1, -0.05) is 13.8 Å². The van der Waals surface area contributed by atoms with E-state index >= 15 is 0 Å². The fourth-order valence-electron chi connectivity index (χ4n) is 1.84. The van der Waals surface area contributed by atoms with Gasteiger partial charge in [0.2, 0.25) is 0 Å². The third kappa shape index (κ3) is 3.06. The Balaban J connectivity index is 1.73. The van der Waals surface area contributed by atoms with E-state index in [1.54, 1.807) is 0 Å². The van der Waals surface area contributed by atoms with Gasteiger partial charge in [0.1, 0.15) is 0 Å². The normalized spacial score (nSPS) is 16.2. The van der Waals surface area contributed by atoms with Crippen LogP contribution in [0.25, 0.3) is 0 Å². The molecule has 1 heterocycles. The molecule has 1 fully saturated rings. The molecule has 3 heteroatoms. The first-order chi connectivity index (χ1) is 7.27. The molecule has 1 N–H and O–H groups in total. The van der Waals surface area contributed by atoms with Gasteiger partial charge < -0.3 is 9.88 Å². The summed E-state index contributed by atoms with van der Waals surface area (Å²) in [5.74, 6) is 0.573. The van der Waals surface area contributed by atoms with Gasteiger partial charge in [0.25, 0.3) is 0 Å². The minimum absolute atomic E-state index is 0.573. The van der Waals surface area contributed by atoms with Crippen molar-refractivity contribution in [2.24, 2.45) is 0 Å². The smallest absolute Gasteiger partial charge is 0.0948 e. The van der Waals surface area contributed by atoms with Crippen LogP contribution in [0.15, 0.2) is 12.5 Å². The standard InChI is InChI=1S/C12H21N3/c1-10(2)12-8-13-9-15(12)7-3-6-14-11-4-5-11/h8-11,14H,3-7H2,1-2H3. The SMILES string of the molecule is CC(C)c1cncn1CCCNC1CC1. The zero-order valence-corrected chi connectivity index (χ0v) is 9.74. The van der Waals surface area contributed by atoms with Crippen LogP contribution in [0.1, 0.15) is 44.7 Å². The highest BCUT2D eigenvalue weighted by Crippen LogP contribution is 2.18. The quantitative estimate of drug-likeness (QED) is 0.724. The fourth-order valence-corrected chi connectivity index (χ4v) is 1.84. The van der Waals surface area contributed by atoms with Crippen LogP contribution >= 0.6 is 0 Å². The van der Waals surface area contributed by atoms with Crippen molar-refractivity contribution in [3.8, 4) is 0 Å². The topological polar surface area (TPSA) is 29.9 Å². The Hall–Kier alpha value is -0.830. The molecule has 0 radical (unpaired) electrons. The molecule has 0 aromatic carbocycles. The maximum atomic E-state index is 4.21. The highest BCUT2D eigenvalue weighted by molar-refractivity contribution is 5.03. The second kappa shape index (κ2) is 4.79. The van der Waals surface area contributed by atoms with E-state index in [1.165, 1.54) is 25.0 Å². The summed E-state index contributed by atoms with van der Waals surface area (Å²) >= 11 is 0. The molecule has 15 heavy (non-hydrogen) atoms. The lowest BCUT2D eigenvalue weighted by Crippen LogP contribution is -2.19. The zero-order valence-electron chi connectivity index (χ0n) is 9.74. The first-order valence-corrected chi connectivity index (χ1v) is 6.01. The second-order valence-corrected chi connectivity index (χ2v) is 4.75. The van der Waals surface area contributed by atoms with Gasteiger partial charge in [0, 0.05) is 24.5 Å². The van der Waals surface area contributed by atoms with Crippen molar-refractivity contribution in [3.63, 3.8) is 0 Å². The molecule has 0 spiro atoms. The summed E-state index contributed by atoms with van der Waals surface area (Å²) in [6.45, 7) is 6.67. The van der Waals surface area contributed by atoms with Crippen LogP contribution in [0.3, 0.4) is 0 Å². The van der Waals surface area contributed by atoms with Crippen molar-refractivity contribution in [3.05, 3.63) is 18.2 Å². The van der Waals surface area contributed by atoms with Gasteiger partial charge in [-0.2, -0.15) is 0 Å². The van der Waals surface area contributed by atoms with Crippen LogP contribution in [0.4, 0.5) is 0 Å². The maximum absolute atomic E-state index is 4.21. The van der Waals surface area contributed by atoms with E-state index in [2.05, 4.69) is 28.7 Å². The summed E-state index contributed by atoms with van der Waals surface area (Å²) < 4.78 is 2.28. The van der Waals surface area contributed by atoms with Crippen molar-refractivity contribution in [2.75, 3.05) is 6.54 Å². The highest BCUT2D eigenvalue weighted by Gasteiger charge is 2.19. The first kappa shape index (κ1) is 10.7. The molecular weight excluding hydrogens is 186 g/mol. The van der Waals surface area contributed by atoms with E-state index in [9.17, 15) is 0 Å². The summed E-state index contributed by atoms with van der Waals surface area (Å²) in [5.41, 5.74) is 1.35. The van der Waals surface area contributed by atoms with Gasteiger partial charge in [-0.05, 0) is 31.7 Å². The maximum Gasteiger partial charge on any atom is 0.0948 e. The Bertz CT molecular complexity index is 300. The molecule has 2 rings (SSSR count). The monoisotopic (exact) mass is 207 g/mol. The Labute approximate surface area is 91.9 Å². The lowest BCUT2D eigenvalue weighted by Gasteiger charge is -2.10. The van der Waals surface area contributed by atoms with Gasteiger partial charge in [0.05, 0.1) is 6.33 Å². The molecule has 84 valence electrons. The molecule has 1 saturated carbocycles. The lowest BCUT2D eigenvalue weighted by atomic mass is 10.1. The van der Waals surface area contributed by atoms with Gasteiger partial charge in [-0.25, -0.2) is 4.98 Å². The molecule has 1 aliphatic rings. The average Bonchev–Trinajstić information content (AvgIpc) is 2.90. The number of nitrogens with one attached hydrogen (secondary N) is 1. The number of hydrogen-bond acceptors (Lipinski definition) is 2. The molecule has 0 saturated heterocycles. The van der Waals surface area contributed by atoms with Crippen LogP contribution in [-0.4, -0.2) is 22.1 Å². The average molecular weight is 207 g/mol. The van der Waals surface area contributed by atoms with Crippen LogP contribution in [0, 0.1) is 0 Å². The van der Waals surface area contributed by atoms with E-state index in [-0.39, 0.29) is 0 Å². The predicted octanol–water partition coefficient (Wildman–Crippen LogP) is 2.15. The van der Waals surface area contributed by atoms with Gasteiger partial charge in [0.15, 0.2) is 0 Å². The minimum atomic E-state index is 0.573.